The highest BCUT2D eigenvalue weighted by Gasteiger charge is 2.24. The van der Waals surface area contributed by atoms with Gasteiger partial charge in [-0.2, -0.15) is 0 Å². The Morgan fingerprint density at radius 2 is 2.19 bits per heavy atom. The lowest BCUT2D eigenvalue weighted by Crippen LogP contribution is -2.29. The van der Waals surface area contributed by atoms with Crippen molar-refractivity contribution in [2.45, 2.75) is 31.2 Å². The molecule has 0 aliphatic rings. The number of aromatic nitrogens is 1. The molecular weight excluding hydrogens is 374 g/mol. The first-order valence-corrected chi connectivity index (χ1v) is 9.48. The number of anilines is 1. The van der Waals surface area contributed by atoms with Gasteiger partial charge in [0.2, 0.25) is 10.0 Å². The first kappa shape index (κ1) is 16.4. The largest absolute Gasteiger partial charge is 0.398 e. The Balaban J connectivity index is 2.39. The fourth-order valence-electron chi connectivity index (χ4n) is 1.92. The third-order valence-electron chi connectivity index (χ3n) is 3.11. The highest BCUT2D eigenvalue weighted by molar-refractivity contribution is 9.10. The first-order chi connectivity index (χ1) is 9.85. The van der Waals surface area contributed by atoms with E-state index < -0.39 is 10.0 Å². The zero-order chi connectivity index (χ0) is 15.6. The summed E-state index contributed by atoms with van der Waals surface area (Å²) in [5.41, 5.74) is 6.82. The minimum Gasteiger partial charge on any atom is -0.398 e. The van der Waals surface area contributed by atoms with Crippen molar-refractivity contribution in [1.82, 2.24) is 9.71 Å². The van der Waals surface area contributed by atoms with Crippen molar-refractivity contribution in [3.8, 4) is 0 Å². The summed E-state index contributed by atoms with van der Waals surface area (Å²) in [5.74, 6) is 0. The second-order valence-electron chi connectivity index (χ2n) is 4.57. The Morgan fingerprint density at radius 1 is 1.48 bits per heavy atom. The molecule has 1 unspecified atom stereocenters. The number of thiazole rings is 1. The van der Waals surface area contributed by atoms with Crippen molar-refractivity contribution in [1.29, 1.82) is 0 Å². The van der Waals surface area contributed by atoms with Gasteiger partial charge in [0, 0.05) is 21.7 Å². The molecule has 1 atom stereocenters. The van der Waals surface area contributed by atoms with Crippen LogP contribution < -0.4 is 10.5 Å². The van der Waals surface area contributed by atoms with Crippen LogP contribution in [0.3, 0.4) is 0 Å². The minimum atomic E-state index is -3.67. The van der Waals surface area contributed by atoms with Crippen LogP contribution in [0.1, 0.15) is 30.0 Å². The van der Waals surface area contributed by atoms with Gasteiger partial charge in [0.25, 0.3) is 0 Å². The van der Waals surface area contributed by atoms with Crippen molar-refractivity contribution < 1.29 is 8.42 Å². The van der Waals surface area contributed by atoms with E-state index in [1.807, 2.05) is 12.3 Å². The molecule has 0 aliphatic heterocycles. The van der Waals surface area contributed by atoms with Crippen molar-refractivity contribution in [2.24, 2.45) is 0 Å². The monoisotopic (exact) mass is 389 g/mol. The molecule has 1 aromatic heterocycles. The molecule has 0 aliphatic carbocycles. The maximum Gasteiger partial charge on any atom is 0.241 e. The summed E-state index contributed by atoms with van der Waals surface area (Å²) < 4.78 is 28.6. The molecule has 0 saturated heterocycles. The molecular formula is C13H16BrN3O2S2. The molecule has 0 saturated carbocycles. The number of benzene rings is 1. The predicted molar refractivity (Wildman–Crippen MR) is 88.8 cm³/mol. The number of hydrogen-bond donors (Lipinski definition) is 2. The maximum absolute atomic E-state index is 12.6. The number of nitrogen functional groups attached to an aromatic ring is 1. The van der Waals surface area contributed by atoms with Crippen LogP contribution in [-0.2, 0) is 10.0 Å². The third-order valence-corrected chi connectivity index (χ3v) is 6.05. The highest BCUT2D eigenvalue weighted by Crippen LogP contribution is 2.28. The first-order valence-electron chi connectivity index (χ1n) is 6.32. The van der Waals surface area contributed by atoms with Gasteiger partial charge in [-0.25, -0.2) is 18.1 Å². The molecule has 5 nitrogen and oxygen atoms in total. The number of hydrogen-bond acceptors (Lipinski definition) is 5. The Morgan fingerprint density at radius 3 is 2.76 bits per heavy atom. The summed E-state index contributed by atoms with van der Waals surface area (Å²) in [6, 6.07) is 2.91. The molecule has 2 rings (SSSR count). The molecule has 0 radical (unpaired) electrons. The standard InChI is InChI=1S/C13H16BrN3O2S2/c1-3-11(13-16-4-5-20-13)17-21(18,19)12-7-9(14)6-10(15)8(12)2/h4-7,11,17H,3,15H2,1-2H3. The van der Waals surface area contributed by atoms with E-state index in [1.165, 1.54) is 11.3 Å². The van der Waals surface area contributed by atoms with Crippen LogP contribution in [0, 0.1) is 6.92 Å². The average molecular weight is 390 g/mol. The average Bonchev–Trinajstić information content (AvgIpc) is 2.94. The number of sulfonamides is 1. The van der Waals surface area contributed by atoms with E-state index in [0.29, 0.717) is 22.1 Å². The minimum absolute atomic E-state index is 0.185. The fraction of sp³-hybridized carbons (Fsp3) is 0.308. The lowest BCUT2D eigenvalue weighted by molar-refractivity contribution is 0.548. The maximum atomic E-state index is 12.6. The van der Waals surface area contributed by atoms with Gasteiger partial charge in [0.15, 0.2) is 0 Å². The second-order valence-corrected chi connectivity index (χ2v) is 8.09. The van der Waals surface area contributed by atoms with Crippen molar-refractivity contribution in [2.75, 3.05) is 5.73 Å². The van der Waals surface area contributed by atoms with E-state index in [2.05, 4.69) is 25.6 Å². The molecule has 0 amide bonds. The van der Waals surface area contributed by atoms with Gasteiger partial charge in [-0.05, 0) is 31.0 Å². The van der Waals surface area contributed by atoms with Gasteiger partial charge in [-0.3, -0.25) is 0 Å². The molecule has 114 valence electrons. The second kappa shape index (κ2) is 6.43. The van der Waals surface area contributed by atoms with Gasteiger partial charge in [0.05, 0.1) is 10.9 Å². The van der Waals surface area contributed by atoms with Crippen molar-refractivity contribution in [3.63, 3.8) is 0 Å². The number of nitrogens with zero attached hydrogens (tertiary/aromatic N) is 1. The Hall–Kier alpha value is -0.960. The van der Waals surface area contributed by atoms with E-state index >= 15 is 0 Å². The molecule has 1 heterocycles. The van der Waals surface area contributed by atoms with Gasteiger partial charge in [0.1, 0.15) is 5.01 Å². The van der Waals surface area contributed by atoms with Gasteiger partial charge >= 0.3 is 0 Å². The van der Waals surface area contributed by atoms with Gasteiger partial charge in [-0.1, -0.05) is 22.9 Å². The fourth-order valence-corrected chi connectivity index (χ4v) is 4.98. The Bertz CT molecular complexity index is 730. The molecule has 0 spiro atoms. The zero-order valence-electron chi connectivity index (χ0n) is 11.6. The SMILES string of the molecule is CCC(NS(=O)(=O)c1cc(Br)cc(N)c1C)c1nccs1. The topological polar surface area (TPSA) is 85.1 Å². The van der Waals surface area contributed by atoms with E-state index in [9.17, 15) is 8.42 Å². The van der Waals surface area contributed by atoms with Crippen LogP contribution in [0.2, 0.25) is 0 Å². The summed E-state index contributed by atoms with van der Waals surface area (Å²) in [7, 11) is -3.67. The summed E-state index contributed by atoms with van der Waals surface area (Å²) >= 11 is 4.71. The normalized spacial score (nSPS) is 13.3. The van der Waals surface area contributed by atoms with E-state index in [1.54, 1.807) is 25.3 Å². The van der Waals surface area contributed by atoms with E-state index in [0.717, 1.165) is 5.01 Å². The quantitative estimate of drug-likeness (QED) is 0.768. The van der Waals surface area contributed by atoms with Gasteiger partial charge in [-0.15, -0.1) is 11.3 Å². The number of rotatable bonds is 5. The number of nitrogens with one attached hydrogen (secondary N) is 1. The van der Waals surface area contributed by atoms with Crippen LogP contribution in [0.25, 0.3) is 0 Å². The van der Waals surface area contributed by atoms with Crippen LogP contribution in [0.15, 0.2) is 33.1 Å². The number of nitrogens with two attached hydrogens (primary N) is 1. The molecule has 3 N–H and O–H groups in total. The van der Waals surface area contributed by atoms with Crippen LogP contribution in [-0.4, -0.2) is 13.4 Å². The zero-order valence-corrected chi connectivity index (χ0v) is 14.8. The number of halogens is 1. The van der Waals surface area contributed by atoms with E-state index in [-0.39, 0.29) is 10.9 Å². The van der Waals surface area contributed by atoms with Crippen LogP contribution in [0.5, 0.6) is 0 Å². The molecule has 21 heavy (non-hydrogen) atoms. The highest BCUT2D eigenvalue weighted by atomic mass is 79.9. The summed E-state index contributed by atoms with van der Waals surface area (Å²) in [4.78, 5) is 4.37. The summed E-state index contributed by atoms with van der Waals surface area (Å²) in [6.07, 6.45) is 2.29. The van der Waals surface area contributed by atoms with Crippen LogP contribution >= 0.6 is 27.3 Å². The Kier molecular flexibility index (Phi) is 5.03. The van der Waals surface area contributed by atoms with Gasteiger partial charge < -0.3 is 5.73 Å². The predicted octanol–water partition coefficient (Wildman–Crippen LogP) is 3.23. The molecule has 0 fully saturated rings. The van der Waals surface area contributed by atoms with Crippen molar-refractivity contribution in [3.05, 3.63) is 38.8 Å². The molecule has 0 bridgehead atoms. The molecule has 2 aromatic rings. The lowest BCUT2D eigenvalue weighted by atomic mass is 10.2. The summed E-state index contributed by atoms with van der Waals surface area (Å²) in [6.45, 7) is 3.61. The molecule has 8 heteroatoms. The summed E-state index contributed by atoms with van der Waals surface area (Å²) in [5, 5.41) is 2.58. The Labute approximate surface area is 136 Å². The smallest absolute Gasteiger partial charge is 0.241 e. The molecule has 1 aromatic carbocycles. The lowest BCUT2D eigenvalue weighted by Gasteiger charge is -2.17. The van der Waals surface area contributed by atoms with Crippen molar-refractivity contribution >= 4 is 43.0 Å². The van der Waals surface area contributed by atoms with E-state index in [4.69, 9.17) is 5.73 Å². The van der Waals surface area contributed by atoms with Crippen LogP contribution in [0.4, 0.5) is 5.69 Å². The third kappa shape index (κ3) is 3.63.